The van der Waals surface area contributed by atoms with E-state index in [1.54, 1.807) is 36.4 Å². The molecule has 7 heteroatoms. The molecule has 1 aromatic carbocycles. The van der Waals surface area contributed by atoms with Crippen molar-refractivity contribution in [2.24, 2.45) is 11.8 Å². The van der Waals surface area contributed by atoms with Gasteiger partial charge >= 0.3 is 5.97 Å². The quantitative estimate of drug-likeness (QED) is 0.498. The number of carbonyl (C=O) groups is 4. The highest BCUT2D eigenvalue weighted by molar-refractivity contribution is 6.22. The molecule has 2 aliphatic rings. The number of carboxylic acid groups (broad SMARTS) is 1. The monoisotopic (exact) mass is 345 g/mol. The number of hydrogen-bond donors (Lipinski definition) is 1. The molecule has 25 heavy (non-hydrogen) atoms. The van der Waals surface area contributed by atoms with Crippen molar-refractivity contribution in [3.05, 3.63) is 42.5 Å². The van der Waals surface area contributed by atoms with Gasteiger partial charge in [-0.2, -0.15) is 0 Å². The van der Waals surface area contributed by atoms with Crippen LogP contribution in [-0.2, 0) is 23.9 Å². The summed E-state index contributed by atoms with van der Waals surface area (Å²) < 4.78 is 5.18. The molecule has 1 heterocycles. The van der Waals surface area contributed by atoms with Crippen LogP contribution in [-0.4, -0.2) is 35.0 Å². The first-order chi connectivity index (χ1) is 11.8. The maximum absolute atomic E-state index is 12.6. The Hall–Kier alpha value is -2.96. The highest BCUT2D eigenvalue weighted by atomic mass is 16.5. The molecule has 2 amide bonds. The zero-order valence-corrected chi connectivity index (χ0v) is 13.9. The molecule has 3 rings (SSSR count). The summed E-state index contributed by atoms with van der Waals surface area (Å²) in [7, 11) is 0. The van der Waals surface area contributed by atoms with Crippen molar-refractivity contribution in [1.29, 1.82) is 0 Å². The van der Waals surface area contributed by atoms with E-state index in [1.807, 2.05) is 6.07 Å². The molecule has 1 aliphatic heterocycles. The average Bonchev–Trinajstić information content (AvgIpc) is 2.79. The minimum absolute atomic E-state index is 0.224. The number of hydrogen-bond acceptors (Lipinski definition) is 5. The summed E-state index contributed by atoms with van der Waals surface area (Å²) in [5.74, 6) is -2.88. The molecule has 3 atom stereocenters. The topological polar surface area (TPSA) is 101 Å². The molecule has 7 nitrogen and oxygen atoms in total. The number of imide groups is 1. The Bertz CT molecular complexity index is 708. The zero-order chi connectivity index (χ0) is 18.6. The van der Waals surface area contributed by atoms with Crippen molar-refractivity contribution in [2.45, 2.75) is 26.4 Å². The lowest BCUT2D eigenvalue weighted by Crippen LogP contribution is -2.36. The number of carbonyl (C=O) groups excluding carboxylic acids is 3. The van der Waals surface area contributed by atoms with Crippen molar-refractivity contribution in [3.8, 4) is 0 Å². The number of benzene rings is 1. The van der Waals surface area contributed by atoms with Crippen molar-refractivity contribution >= 4 is 29.4 Å². The van der Waals surface area contributed by atoms with Gasteiger partial charge in [-0.1, -0.05) is 24.3 Å². The first kappa shape index (κ1) is 18.4. The maximum atomic E-state index is 12.6. The lowest BCUT2D eigenvalue weighted by molar-refractivity contribution is -0.149. The number of para-hydroxylation sites is 1. The van der Waals surface area contributed by atoms with Gasteiger partial charge in [0.2, 0.25) is 11.8 Å². The Morgan fingerprint density at radius 1 is 1.12 bits per heavy atom. The van der Waals surface area contributed by atoms with Crippen LogP contribution in [0.5, 0.6) is 0 Å². The fraction of sp³-hybridized carbons (Fsp3) is 0.333. The van der Waals surface area contributed by atoms with Gasteiger partial charge in [-0.15, -0.1) is 0 Å². The van der Waals surface area contributed by atoms with Crippen LogP contribution in [0.1, 0.15) is 20.3 Å². The van der Waals surface area contributed by atoms with Crippen LogP contribution in [0, 0.1) is 11.8 Å². The normalized spacial score (nSPS) is 24.2. The van der Waals surface area contributed by atoms with Gasteiger partial charge in [0, 0.05) is 13.8 Å². The highest BCUT2D eigenvalue weighted by Gasteiger charge is 2.52. The average molecular weight is 345 g/mol. The van der Waals surface area contributed by atoms with Crippen molar-refractivity contribution < 1.29 is 29.0 Å². The molecule has 0 bridgehead atoms. The molecular weight excluding hydrogens is 326 g/mol. The number of nitrogens with zero attached hydrogens (tertiary/aromatic N) is 1. The number of fused-ring (bicyclic) bond motifs is 1. The van der Waals surface area contributed by atoms with E-state index in [9.17, 15) is 14.4 Å². The Morgan fingerprint density at radius 2 is 1.72 bits per heavy atom. The molecule has 1 fully saturated rings. The van der Waals surface area contributed by atoms with E-state index in [0.29, 0.717) is 12.1 Å². The molecule has 0 spiro atoms. The van der Waals surface area contributed by atoms with Gasteiger partial charge in [-0.05, 0) is 24.6 Å². The third-order valence-electron chi connectivity index (χ3n) is 3.86. The Balaban J connectivity index is 0.000000511. The lowest BCUT2D eigenvalue weighted by atomic mass is 9.83. The standard InChI is InChI=1S/C16H15NO4.C2H4O2/c1-10(18)21-13-9-5-8-12-14(13)16(20)17(15(12)19)11-6-3-2-4-7-11;1-2(3)4/h2-7,9,12-14H,8H2,1H3;1H3,(H,3,4)/t12-,13+,14-;/m0./s1. The summed E-state index contributed by atoms with van der Waals surface area (Å²) in [5.41, 5.74) is 0.559. The number of rotatable bonds is 2. The number of amides is 2. The van der Waals surface area contributed by atoms with E-state index in [2.05, 4.69) is 0 Å². The molecule has 1 N–H and O–H groups in total. The van der Waals surface area contributed by atoms with Gasteiger partial charge in [-0.3, -0.25) is 19.2 Å². The highest BCUT2D eigenvalue weighted by Crippen LogP contribution is 2.38. The minimum atomic E-state index is -0.833. The van der Waals surface area contributed by atoms with Crippen LogP contribution >= 0.6 is 0 Å². The minimum Gasteiger partial charge on any atom is -0.481 e. The summed E-state index contributed by atoms with van der Waals surface area (Å²) in [6.07, 6.45) is 3.33. The fourth-order valence-electron chi connectivity index (χ4n) is 2.98. The number of ether oxygens (including phenoxy) is 1. The van der Waals surface area contributed by atoms with E-state index in [-0.39, 0.29) is 11.8 Å². The smallest absolute Gasteiger partial charge is 0.303 e. The van der Waals surface area contributed by atoms with E-state index in [0.717, 1.165) is 6.92 Å². The molecule has 132 valence electrons. The van der Waals surface area contributed by atoms with Crippen molar-refractivity contribution in [3.63, 3.8) is 0 Å². The van der Waals surface area contributed by atoms with Gasteiger partial charge in [0.25, 0.3) is 5.97 Å². The molecule has 0 unspecified atom stereocenters. The van der Waals surface area contributed by atoms with Gasteiger partial charge in [-0.25, -0.2) is 4.90 Å². The molecule has 1 aliphatic carbocycles. The number of carboxylic acids is 1. The SMILES string of the molecule is CC(=O)O.CC(=O)O[C@@H]1C=CC[C@@H]2C(=O)N(c3ccccc3)C(=O)[C@@H]21. The molecule has 1 aromatic rings. The van der Waals surface area contributed by atoms with E-state index in [4.69, 9.17) is 14.6 Å². The van der Waals surface area contributed by atoms with Crippen LogP contribution in [0.25, 0.3) is 0 Å². The van der Waals surface area contributed by atoms with E-state index in [1.165, 1.54) is 11.8 Å². The van der Waals surface area contributed by atoms with Gasteiger partial charge in [0.15, 0.2) is 0 Å². The molecule has 0 radical (unpaired) electrons. The van der Waals surface area contributed by atoms with Gasteiger partial charge in [0.1, 0.15) is 6.10 Å². The van der Waals surface area contributed by atoms with Crippen LogP contribution in [0.4, 0.5) is 5.69 Å². The van der Waals surface area contributed by atoms with Crippen LogP contribution in [0.2, 0.25) is 0 Å². The second-order valence-corrected chi connectivity index (χ2v) is 5.74. The predicted octanol–water partition coefficient (Wildman–Crippen LogP) is 1.77. The van der Waals surface area contributed by atoms with Crippen LogP contribution in [0.15, 0.2) is 42.5 Å². The first-order valence-electron chi connectivity index (χ1n) is 7.79. The molecule has 1 saturated heterocycles. The summed E-state index contributed by atoms with van der Waals surface area (Å²) >= 11 is 0. The Kier molecular flexibility index (Phi) is 5.69. The lowest BCUT2D eigenvalue weighted by Gasteiger charge is -2.25. The third kappa shape index (κ3) is 4.12. The number of aliphatic carboxylic acids is 1. The molecular formula is C18H19NO6. The van der Waals surface area contributed by atoms with Crippen LogP contribution < -0.4 is 4.90 Å². The maximum Gasteiger partial charge on any atom is 0.303 e. The van der Waals surface area contributed by atoms with E-state index >= 15 is 0 Å². The van der Waals surface area contributed by atoms with Gasteiger partial charge < -0.3 is 9.84 Å². The van der Waals surface area contributed by atoms with E-state index < -0.39 is 29.9 Å². The third-order valence-corrected chi connectivity index (χ3v) is 3.86. The largest absolute Gasteiger partial charge is 0.481 e. The number of anilines is 1. The fourth-order valence-corrected chi connectivity index (χ4v) is 2.98. The number of esters is 1. The summed E-state index contributed by atoms with van der Waals surface area (Å²) in [5, 5.41) is 7.42. The molecule has 0 aromatic heterocycles. The second-order valence-electron chi connectivity index (χ2n) is 5.74. The summed E-state index contributed by atoms with van der Waals surface area (Å²) in [6.45, 7) is 2.38. The summed E-state index contributed by atoms with van der Waals surface area (Å²) in [4.78, 5) is 46.5. The Morgan fingerprint density at radius 3 is 2.28 bits per heavy atom. The summed E-state index contributed by atoms with van der Waals surface area (Å²) in [6, 6.07) is 8.83. The second kappa shape index (κ2) is 7.74. The Labute approximate surface area is 144 Å². The first-order valence-corrected chi connectivity index (χ1v) is 7.79. The van der Waals surface area contributed by atoms with Crippen LogP contribution in [0.3, 0.4) is 0 Å². The predicted molar refractivity (Wildman–Crippen MR) is 88.5 cm³/mol. The number of allylic oxidation sites excluding steroid dienone is 1. The van der Waals surface area contributed by atoms with Crippen molar-refractivity contribution in [2.75, 3.05) is 4.90 Å². The molecule has 0 saturated carbocycles. The van der Waals surface area contributed by atoms with Gasteiger partial charge in [0.05, 0.1) is 17.5 Å². The van der Waals surface area contributed by atoms with Crippen molar-refractivity contribution in [1.82, 2.24) is 0 Å². The zero-order valence-electron chi connectivity index (χ0n) is 13.9.